The monoisotopic (exact) mass is 1030 g/mol. The number of hydrogen-bond acceptors (Lipinski definition) is 12. The summed E-state index contributed by atoms with van der Waals surface area (Å²) >= 11 is 0. The Labute approximate surface area is 449 Å². The standard InChI is InChI=1S/C63H90N6O6/c1-56(2,3)41-23-37(24-42(49(41)72)57(4,5)6)31-67(33-39-27-45(60(13,14)15)51-47(29-39)62(19,20)74-51)53-64-54(66-55(65-53)69(35-70)36-71)68(32-38-25-43(58(7,8)9)50(73)44(26-38)59(10,11)12)34-40-28-46(61(16,17)18)52-48(30-40)63(21,22)75-52/h23-30,70-73H,31-36H2,1-22H3. The third-order valence-electron chi connectivity index (χ3n) is 14.8. The first-order valence-corrected chi connectivity index (χ1v) is 26.8. The van der Waals surface area contributed by atoms with Crippen LogP contribution in [-0.4, -0.2) is 48.8 Å². The Hall–Kier alpha value is -5.59. The van der Waals surface area contributed by atoms with Crippen molar-refractivity contribution in [3.8, 4) is 23.0 Å². The van der Waals surface area contributed by atoms with Crippen molar-refractivity contribution >= 4 is 17.8 Å². The number of anilines is 3. The number of benzene rings is 4. The summed E-state index contributed by atoms with van der Waals surface area (Å²) in [5, 5.41) is 45.5. The second kappa shape index (κ2) is 19.1. The summed E-state index contributed by atoms with van der Waals surface area (Å²) in [6.07, 6.45) is 0. The Morgan fingerprint density at radius 3 is 0.827 bits per heavy atom. The fourth-order valence-corrected chi connectivity index (χ4v) is 10.4. The van der Waals surface area contributed by atoms with E-state index in [4.69, 9.17) is 24.4 Å². The second-order valence-corrected chi connectivity index (χ2v) is 28.6. The van der Waals surface area contributed by atoms with E-state index in [2.05, 4.69) is 211 Å². The highest BCUT2D eigenvalue weighted by Gasteiger charge is 2.43. The van der Waals surface area contributed by atoms with Gasteiger partial charge in [-0.3, -0.25) is 4.90 Å². The van der Waals surface area contributed by atoms with Gasteiger partial charge in [-0.1, -0.05) is 125 Å². The van der Waals surface area contributed by atoms with E-state index < -0.39 is 24.7 Å². The molecule has 7 rings (SSSR count). The molecule has 4 aromatic carbocycles. The molecule has 0 spiro atoms. The molecule has 0 unspecified atom stereocenters. The van der Waals surface area contributed by atoms with Crippen molar-refractivity contribution in [2.45, 2.75) is 222 Å². The number of phenols is 2. The van der Waals surface area contributed by atoms with Crippen LogP contribution in [0.5, 0.6) is 23.0 Å². The molecule has 75 heavy (non-hydrogen) atoms. The number of aromatic hydroxyl groups is 2. The first kappa shape index (κ1) is 57.1. The van der Waals surface area contributed by atoms with Gasteiger partial charge in [0.2, 0.25) is 17.8 Å². The van der Waals surface area contributed by atoms with Crippen LogP contribution in [0.15, 0.2) is 48.5 Å². The SMILES string of the molecule is CC(C)(C)c1cc(CN(Cc2cc(C(C)(C)C)c3c(c2)C(C)(C)O3)c2nc(N(CO)CO)nc(N(Cc3cc(C(C)(C)C)c(O)c(C(C)(C)C)c3)Cc3cc(C(C)(C)C)c4c(c3)C(C)(C)O4)n2)cc(C(C)(C)C)c1O. The maximum atomic E-state index is 11.9. The predicted molar refractivity (Wildman–Crippen MR) is 305 cm³/mol. The van der Waals surface area contributed by atoms with Crippen LogP contribution in [0.4, 0.5) is 17.8 Å². The molecular formula is C63H90N6O6. The quantitative estimate of drug-likeness (QED) is 0.0832. The highest BCUT2D eigenvalue weighted by molar-refractivity contribution is 5.59. The van der Waals surface area contributed by atoms with Crippen molar-refractivity contribution in [2.24, 2.45) is 0 Å². The molecule has 1 aromatic heterocycles. The normalized spacial score (nSPS) is 15.3. The number of aliphatic hydroxyl groups excluding tert-OH is 2. The van der Waals surface area contributed by atoms with Gasteiger partial charge in [-0.2, -0.15) is 15.0 Å². The molecule has 2 aliphatic rings. The number of rotatable bonds is 13. The fourth-order valence-electron chi connectivity index (χ4n) is 10.4. The van der Waals surface area contributed by atoms with Crippen molar-refractivity contribution in [2.75, 3.05) is 28.2 Å². The molecule has 12 nitrogen and oxygen atoms in total. The zero-order chi connectivity index (χ0) is 56.1. The summed E-state index contributed by atoms with van der Waals surface area (Å²) < 4.78 is 12.9. The number of aliphatic hydroxyl groups is 2. The minimum Gasteiger partial charge on any atom is -0.507 e. The second-order valence-electron chi connectivity index (χ2n) is 28.6. The molecule has 0 saturated carbocycles. The number of aromatic nitrogens is 3. The van der Waals surface area contributed by atoms with E-state index in [1.54, 1.807) is 0 Å². The predicted octanol–water partition coefficient (Wildman–Crippen LogP) is 13.4. The summed E-state index contributed by atoms with van der Waals surface area (Å²) in [7, 11) is 0. The molecule has 0 amide bonds. The lowest BCUT2D eigenvalue weighted by Crippen LogP contribution is -2.38. The van der Waals surface area contributed by atoms with E-state index >= 15 is 0 Å². The van der Waals surface area contributed by atoms with Gasteiger partial charge in [-0.15, -0.1) is 0 Å². The van der Waals surface area contributed by atoms with Crippen LogP contribution in [0.3, 0.4) is 0 Å². The summed E-state index contributed by atoms with van der Waals surface area (Å²) in [6, 6.07) is 17.3. The Kier molecular flexibility index (Phi) is 14.6. The average molecular weight is 1030 g/mol. The molecule has 3 heterocycles. The molecular weight excluding hydrogens is 937 g/mol. The van der Waals surface area contributed by atoms with Crippen molar-refractivity contribution in [1.82, 2.24) is 15.0 Å². The van der Waals surface area contributed by atoms with Gasteiger partial charge in [0.25, 0.3) is 0 Å². The van der Waals surface area contributed by atoms with E-state index in [0.717, 1.165) is 78.3 Å². The average Bonchev–Trinajstić information content (AvgIpc) is 3.25. The minimum absolute atomic E-state index is 0.104. The van der Waals surface area contributed by atoms with Gasteiger partial charge in [0, 0.05) is 48.4 Å². The molecule has 4 N–H and O–H groups in total. The fraction of sp³-hybridized carbons (Fsp3) is 0.571. The van der Waals surface area contributed by atoms with Crippen LogP contribution in [0.2, 0.25) is 0 Å². The molecule has 0 bridgehead atoms. The Bertz CT molecular complexity index is 2700. The van der Waals surface area contributed by atoms with Crippen molar-refractivity contribution < 1.29 is 29.9 Å². The minimum atomic E-state index is -0.549. The molecule has 408 valence electrons. The van der Waals surface area contributed by atoms with Crippen LogP contribution in [-0.2, 0) is 69.9 Å². The highest BCUT2D eigenvalue weighted by atomic mass is 16.5. The largest absolute Gasteiger partial charge is 0.507 e. The topological polar surface area (TPSA) is 148 Å². The third kappa shape index (κ3) is 11.7. The van der Waals surface area contributed by atoms with E-state index in [9.17, 15) is 20.4 Å². The number of ether oxygens (including phenoxy) is 2. The Balaban J connectivity index is 1.52. The van der Waals surface area contributed by atoms with Gasteiger partial charge >= 0.3 is 0 Å². The molecule has 0 atom stereocenters. The van der Waals surface area contributed by atoms with E-state index in [1.165, 1.54) is 4.90 Å². The zero-order valence-electron chi connectivity index (χ0n) is 49.7. The molecule has 12 heteroatoms. The van der Waals surface area contributed by atoms with Crippen molar-refractivity contribution in [3.05, 3.63) is 115 Å². The van der Waals surface area contributed by atoms with Gasteiger partial charge < -0.3 is 39.7 Å². The Morgan fingerprint density at radius 2 is 0.600 bits per heavy atom. The molecule has 0 radical (unpaired) electrons. The molecule has 0 fully saturated rings. The van der Waals surface area contributed by atoms with Gasteiger partial charge in [0.05, 0.1) is 0 Å². The van der Waals surface area contributed by atoms with Gasteiger partial charge in [-0.05, 0) is 153 Å². The highest BCUT2D eigenvalue weighted by Crippen LogP contribution is 2.52. The third-order valence-corrected chi connectivity index (χ3v) is 14.8. The first-order valence-electron chi connectivity index (χ1n) is 26.8. The lowest BCUT2D eigenvalue weighted by molar-refractivity contribution is 0.0479. The van der Waals surface area contributed by atoms with Crippen LogP contribution in [0.25, 0.3) is 0 Å². The van der Waals surface area contributed by atoms with Crippen LogP contribution in [0.1, 0.15) is 219 Å². The summed E-state index contributed by atoms with van der Waals surface area (Å²) in [6.45, 7) is 47.4. The number of hydrogen-bond donors (Lipinski definition) is 4. The number of nitrogens with zero attached hydrogens (tertiary/aromatic N) is 6. The lowest BCUT2D eigenvalue weighted by atomic mass is 9.78. The summed E-state index contributed by atoms with van der Waals surface area (Å²) in [4.78, 5) is 21.4. The van der Waals surface area contributed by atoms with Gasteiger partial charge in [0.1, 0.15) is 47.7 Å². The maximum Gasteiger partial charge on any atom is 0.235 e. The summed E-state index contributed by atoms with van der Waals surface area (Å²) in [5.74, 6) is 3.22. The van der Waals surface area contributed by atoms with Crippen LogP contribution in [0, 0.1) is 0 Å². The van der Waals surface area contributed by atoms with Gasteiger partial charge in [0.15, 0.2) is 0 Å². The first-order chi connectivity index (χ1) is 34.1. The zero-order valence-corrected chi connectivity index (χ0v) is 49.7. The summed E-state index contributed by atoms with van der Waals surface area (Å²) in [5.41, 5.74) is 8.94. The smallest absolute Gasteiger partial charge is 0.235 e. The van der Waals surface area contributed by atoms with Crippen LogP contribution >= 0.6 is 0 Å². The molecule has 0 aliphatic carbocycles. The van der Waals surface area contributed by atoms with Crippen molar-refractivity contribution in [3.63, 3.8) is 0 Å². The van der Waals surface area contributed by atoms with E-state index in [0.29, 0.717) is 49.6 Å². The Morgan fingerprint density at radius 1 is 0.373 bits per heavy atom. The molecule has 0 saturated heterocycles. The van der Waals surface area contributed by atoms with Crippen molar-refractivity contribution in [1.29, 1.82) is 0 Å². The lowest BCUT2D eigenvalue weighted by Gasteiger charge is -2.43. The number of phenolic OH excluding ortho intramolecular Hbond substituents is 2. The maximum absolute atomic E-state index is 11.9. The molecule has 2 aliphatic heterocycles. The van der Waals surface area contributed by atoms with Gasteiger partial charge in [-0.25, -0.2) is 0 Å². The number of fused-ring (bicyclic) bond motifs is 2. The van der Waals surface area contributed by atoms with E-state index in [1.807, 2.05) is 0 Å². The molecule has 5 aromatic rings. The van der Waals surface area contributed by atoms with Crippen LogP contribution < -0.4 is 24.2 Å². The van der Waals surface area contributed by atoms with E-state index in [-0.39, 0.29) is 38.4 Å².